The molecule has 0 fully saturated rings. The molecule has 0 atom stereocenters. The van der Waals surface area contributed by atoms with Gasteiger partial charge in [0.05, 0.1) is 10.3 Å². The summed E-state index contributed by atoms with van der Waals surface area (Å²) in [6.07, 6.45) is 1.17. The number of anilines is 2. The first-order chi connectivity index (χ1) is 8.54. The Morgan fingerprint density at radius 2 is 1.95 bits per heavy atom. The molecule has 0 unspecified atom stereocenters. The fourth-order valence-electron chi connectivity index (χ4n) is 1.36. The number of rotatable bonds is 5. The van der Waals surface area contributed by atoms with E-state index in [0.717, 1.165) is 0 Å². The van der Waals surface area contributed by atoms with Gasteiger partial charge in [0.2, 0.25) is 0 Å². The molecule has 5 N–H and O–H groups in total. The Kier molecular flexibility index (Phi) is 4.09. The third-order valence-corrected chi connectivity index (χ3v) is 5.17. The largest absolute Gasteiger partial charge is 0.399 e. The first-order valence-corrected chi connectivity index (χ1v) is 7.56. The van der Waals surface area contributed by atoms with E-state index in [2.05, 4.69) is 5.32 Å². The predicted molar refractivity (Wildman–Crippen MR) is 76.8 cm³/mol. The summed E-state index contributed by atoms with van der Waals surface area (Å²) in [4.78, 5) is 11.3. The molecule has 1 amide bonds. The summed E-state index contributed by atoms with van der Waals surface area (Å²) < 4.78 is 22.2. The Bertz CT molecular complexity index is 594. The minimum absolute atomic E-state index is 0.163. The van der Waals surface area contributed by atoms with Gasteiger partial charge in [-0.05, 0) is 32.0 Å². The molecule has 0 aliphatic carbocycles. The average molecular weight is 285 g/mol. The number of sulfone groups is 1. The van der Waals surface area contributed by atoms with Crippen molar-refractivity contribution in [1.82, 2.24) is 0 Å². The quantitative estimate of drug-likeness (QED) is 0.685. The monoisotopic (exact) mass is 285 g/mol. The van der Waals surface area contributed by atoms with E-state index >= 15 is 0 Å². The summed E-state index contributed by atoms with van der Waals surface area (Å²) in [5.41, 5.74) is 12.0. The molecule has 0 saturated heterocycles. The molecule has 0 radical (unpaired) electrons. The number of benzene rings is 1. The lowest BCUT2D eigenvalue weighted by Gasteiger charge is -2.24. The van der Waals surface area contributed by atoms with E-state index < -0.39 is 20.5 Å². The second kappa shape index (κ2) is 5.08. The van der Waals surface area contributed by atoms with Crippen LogP contribution in [0.25, 0.3) is 0 Å². The van der Waals surface area contributed by atoms with Crippen molar-refractivity contribution in [3.63, 3.8) is 0 Å². The first-order valence-electron chi connectivity index (χ1n) is 5.67. The van der Waals surface area contributed by atoms with Gasteiger partial charge in [0.1, 0.15) is 0 Å². The Morgan fingerprint density at radius 3 is 2.42 bits per heavy atom. The molecule has 6 nitrogen and oxygen atoms in total. The molecule has 106 valence electrons. The summed E-state index contributed by atoms with van der Waals surface area (Å²) >= 11 is 0. The van der Waals surface area contributed by atoms with E-state index in [1.807, 2.05) is 0 Å². The number of nitrogen functional groups attached to an aromatic ring is 1. The number of hydrogen-bond donors (Lipinski definition) is 3. The molecule has 7 heteroatoms. The maximum absolute atomic E-state index is 11.6. The third-order valence-electron chi connectivity index (χ3n) is 3.02. The molecule has 1 aromatic carbocycles. The number of hydrogen-bond acceptors (Lipinski definition) is 5. The van der Waals surface area contributed by atoms with Crippen molar-refractivity contribution < 1.29 is 13.2 Å². The first kappa shape index (κ1) is 15.3. The third kappa shape index (κ3) is 3.60. The van der Waals surface area contributed by atoms with Crippen molar-refractivity contribution in [3.8, 4) is 0 Å². The lowest BCUT2D eigenvalue weighted by atomic mass is 10.1. The summed E-state index contributed by atoms with van der Waals surface area (Å²) in [7, 11) is -3.22. The van der Waals surface area contributed by atoms with E-state index in [9.17, 15) is 13.2 Å². The van der Waals surface area contributed by atoms with Crippen LogP contribution in [-0.2, 0) is 9.84 Å². The van der Waals surface area contributed by atoms with E-state index in [-0.39, 0.29) is 12.1 Å². The molecule has 0 spiro atoms. The zero-order valence-corrected chi connectivity index (χ0v) is 12.0. The van der Waals surface area contributed by atoms with Gasteiger partial charge in [0.15, 0.2) is 9.84 Å². The molecule has 1 aromatic rings. The van der Waals surface area contributed by atoms with Crippen LogP contribution in [0.2, 0.25) is 0 Å². The number of nitrogens with two attached hydrogens (primary N) is 2. The molecule has 0 bridgehead atoms. The average Bonchev–Trinajstić information content (AvgIpc) is 2.25. The fraction of sp³-hybridized carbons (Fsp3) is 0.417. The molecule has 19 heavy (non-hydrogen) atoms. The summed E-state index contributed by atoms with van der Waals surface area (Å²) in [5.74, 6) is -0.619. The number of carbonyl (C=O) groups is 1. The van der Waals surface area contributed by atoms with Crippen LogP contribution in [-0.4, -0.2) is 31.9 Å². The highest BCUT2D eigenvalue weighted by Crippen LogP contribution is 2.21. The highest BCUT2D eigenvalue weighted by molar-refractivity contribution is 7.92. The molecule has 0 aliphatic rings. The topological polar surface area (TPSA) is 115 Å². The maximum atomic E-state index is 11.6. The van der Waals surface area contributed by atoms with Gasteiger partial charge in [-0.3, -0.25) is 4.79 Å². The maximum Gasteiger partial charge on any atom is 0.250 e. The van der Waals surface area contributed by atoms with E-state index in [1.165, 1.54) is 12.3 Å². The standard InChI is InChI=1S/C12H19N3O3S/c1-12(2,19(3,17)18)7-15-10-5-4-8(13)6-9(10)11(14)16/h4-6,15H,7,13H2,1-3H3,(H2,14,16). The SMILES string of the molecule is CC(C)(CNc1ccc(N)cc1C(N)=O)S(C)(=O)=O. The van der Waals surface area contributed by atoms with Gasteiger partial charge in [0.25, 0.3) is 5.91 Å². The zero-order chi connectivity index (χ0) is 14.8. The van der Waals surface area contributed by atoms with Gasteiger partial charge >= 0.3 is 0 Å². The summed E-state index contributed by atoms with van der Waals surface area (Å²) in [5, 5.41) is 2.93. The molecule has 0 heterocycles. The number of carbonyl (C=O) groups excluding carboxylic acids is 1. The summed E-state index contributed by atoms with van der Waals surface area (Å²) in [6, 6.07) is 4.67. The number of nitrogens with one attached hydrogen (secondary N) is 1. The van der Waals surface area contributed by atoms with E-state index in [0.29, 0.717) is 11.4 Å². The van der Waals surface area contributed by atoms with Crippen molar-refractivity contribution in [1.29, 1.82) is 0 Å². The van der Waals surface area contributed by atoms with Gasteiger partial charge in [-0.25, -0.2) is 8.42 Å². The Morgan fingerprint density at radius 1 is 1.37 bits per heavy atom. The van der Waals surface area contributed by atoms with Crippen LogP contribution >= 0.6 is 0 Å². The smallest absolute Gasteiger partial charge is 0.250 e. The molecule has 0 aliphatic heterocycles. The minimum atomic E-state index is -3.22. The number of primary amides is 1. The molecular weight excluding hydrogens is 266 g/mol. The molecule has 0 saturated carbocycles. The Hall–Kier alpha value is -1.76. The lowest BCUT2D eigenvalue weighted by molar-refractivity contribution is 0.100. The van der Waals surface area contributed by atoms with Crippen LogP contribution in [0.15, 0.2) is 18.2 Å². The number of amides is 1. The van der Waals surface area contributed by atoms with Crippen molar-refractivity contribution in [2.45, 2.75) is 18.6 Å². The van der Waals surface area contributed by atoms with Crippen LogP contribution in [0.5, 0.6) is 0 Å². The van der Waals surface area contributed by atoms with Gasteiger partial charge in [-0.2, -0.15) is 0 Å². The van der Waals surface area contributed by atoms with Gasteiger partial charge in [-0.1, -0.05) is 0 Å². The normalized spacial score (nSPS) is 12.2. The van der Waals surface area contributed by atoms with Crippen molar-refractivity contribution in [3.05, 3.63) is 23.8 Å². The van der Waals surface area contributed by atoms with Crippen molar-refractivity contribution in [2.24, 2.45) is 5.73 Å². The predicted octanol–water partition coefficient (Wildman–Crippen LogP) is 0.603. The van der Waals surface area contributed by atoms with Gasteiger partial charge in [0, 0.05) is 24.2 Å². The highest BCUT2D eigenvalue weighted by atomic mass is 32.2. The van der Waals surface area contributed by atoms with Crippen LogP contribution in [0.4, 0.5) is 11.4 Å². The van der Waals surface area contributed by atoms with Crippen molar-refractivity contribution in [2.75, 3.05) is 23.9 Å². The Balaban J connectivity index is 2.99. The van der Waals surface area contributed by atoms with Gasteiger partial charge in [-0.15, -0.1) is 0 Å². The second-order valence-electron chi connectivity index (χ2n) is 5.05. The zero-order valence-electron chi connectivity index (χ0n) is 11.2. The van der Waals surface area contributed by atoms with Crippen molar-refractivity contribution >= 4 is 27.1 Å². The molecule has 0 aromatic heterocycles. The molecule has 1 rings (SSSR count). The van der Waals surface area contributed by atoms with Crippen LogP contribution in [0, 0.1) is 0 Å². The Labute approximate surface area is 113 Å². The highest BCUT2D eigenvalue weighted by Gasteiger charge is 2.30. The van der Waals surface area contributed by atoms with Gasteiger partial charge < -0.3 is 16.8 Å². The second-order valence-corrected chi connectivity index (χ2v) is 7.70. The van der Waals surface area contributed by atoms with Crippen LogP contribution < -0.4 is 16.8 Å². The van der Waals surface area contributed by atoms with E-state index in [4.69, 9.17) is 11.5 Å². The van der Waals surface area contributed by atoms with Crippen LogP contribution in [0.1, 0.15) is 24.2 Å². The van der Waals surface area contributed by atoms with E-state index in [1.54, 1.807) is 26.0 Å². The summed E-state index contributed by atoms with van der Waals surface area (Å²) in [6.45, 7) is 3.38. The fourth-order valence-corrected chi connectivity index (χ4v) is 1.69. The lowest BCUT2D eigenvalue weighted by Crippen LogP contribution is -2.38. The molecular formula is C12H19N3O3S. The van der Waals surface area contributed by atoms with Crippen LogP contribution in [0.3, 0.4) is 0 Å². The minimum Gasteiger partial charge on any atom is -0.399 e.